The second-order valence-corrected chi connectivity index (χ2v) is 6.75. The van der Waals surface area contributed by atoms with E-state index in [9.17, 15) is 13.2 Å². The van der Waals surface area contributed by atoms with Crippen LogP contribution in [0.15, 0.2) is 77.3 Å². The first-order chi connectivity index (χ1) is 15.7. The van der Waals surface area contributed by atoms with Crippen LogP contribution < -0.4 is 0 Å². The van der Waals surface area contributed by atoms with Crippen molar-refractivity contribution in [3.8, 4) is 0 Å². The molecule has 0 aliphatic carbocycles. The average Bonchev–Trinajstić information content (AvgIpc) is 2.80. The molecule has 2 rings (SSSR count). The molecule has 0 N–H and O–H groups in total. The third-order valence-electron chi connectivity index (χ3n) is 4.53. The predicted molar refractivity (Wildman–Crippen MR) is 136 cm³/mol. The van der Waals surface area contributed by atoms with E-state index in [-0.39, 0.29) is 17.7 Å². The van der Waals surface area contributed by atoms with Crippen molar-refractivity contribution in [2.45, 2.75) is 60.5 Å². The number of benzene rings is 1. The Morgan fingerprint density at radius 2 is 1.67 bits per heavy atom. The minimum Gasteiger partial charge on any atom is -0.369 e. The Balaban J connectivity index is 0. The normalized spacial score (nSPS) is 19.2. The summed E-state index contributed by atoms with van der Waals surface area (Å²) in [7, 11) is 0. The molecular formula is C27H39F3N2O. The van der Waals surface area contributed by atoms with Gasteiger partial charge in [-0.2, -0.15) is 0 Å². The van der Waals surface area contributed by atoms with Gasteiger partial charge in [-0.15, -0.1) is 13.2 Å². The summed E-state index contributed by atoms with van der Waals surface area (Å²) in [6, 6.07) is 3.33. The van der Waals surface area contributed by atoms with E-state index >= 15 is 0 Å². The summed E-state index contributed by atoms with van der Waals surface area (Å²) in [5.41, 5.74) is 0.650. The monoisotopic (exact) mass is 464 g/mol. The first kappa shape index (κ1) is 32.4. The fraction of sp³-hybridized carbons (Fsp3) is 0.407. The second-order valence-electron chi connectivity index (χ2n) is 6.75. The zero-order valence-electron chi connectivity index (χ0n) is 21.1. The van der Waals surface area contributed by atoms with Crippen molar-refractivity contribution in [1.82, 2.24) is 0 Å². The topological polar surface area (TPSA) is 34.0 Å². The first-order valence-corrected chi connectivity index (χ1v) is 11.0. The third-order valence-corrected chi connectivity index (χ3v) is 4.53. The van der Waals surface area contributed by atoms with Gasteiger partial charge in [0.25, 0.3) is 0 Å². The number of halogens is 3. The molecule has 1 fully saturated rings. The van der Waals surface area contributed by atoms with Crippen LogP contribution in [0.25, 0.3) is 0 Å². The molecule has 1 saturated heterocycles. The highest BCUT2D eigenvalue weighted by Gasteiger charge is 2.51. The Labute approximate surface area is 198 Å². The van der Waals surface area contributed by atoms with Crippen LogP contribution in [-0.4, -0.2) is 19.0 Å². The van der Waals surface area contributed by atoms with E-state index in [0.717, 1.165) is 12.3 Å². The zero-order chi connectivity index (χ0) is 26.0. The van der Waals surface area contributed by atoms with Crippen LogP contribution >= 0.6 is 0 Å². The lowest BCUT2D eigenvalue weighted by molar-refractivity contribution is -0.201. The van der Waals surface area contributed by atoms with Crippen molar-refractivity contribution in [3.63, 3.8) is 0 Å². The van der Waals surface area contributed by atoms with Crippen LogP contribution in [0.5, 0.6) is 0 Å². The summed E-state index contributed by atoms with van der Waals surface area (Å²) in [6.45, 7) is 23.4. The van der Waals surface area contributed by atoms with Crippen LogP contribution in [0.1, 0.15) is 60.5 Å². The fourth-order valence-electron chi connectivity index (χ4n) is 3.00. The molecule has 184 valence electrons. The minimum absolute atomic E-state index is 0.211. The Bertz CT molecular complexity index is 836. The molecule has 0 spiro atoms. The largest absolute Gasteiger partial charge is 0.369 e. The number of ether oxygens (including phenoxy) is 1. The molecule has 6 heteroatoms. The summed E-state index contributed by atoms with van der Waals surface area (Å²) in [4.78, 5) is 7.61. The van der Waals surface area contributed by atoms with E-state index in [2.05, 4.69) is 29.7 Å². The Morgan fingerprint density at radius 3 is 2.03 bits per heavy atom. The van der Waals surface area contributed by atoms with Crippen molar-refractivity contribution in [2.24, 2.45) is 15.9 Å². The molecule has 2 atom stereocenters. The van der Waals surface area contributed by atoms with Gasteiger partial charge in [-0.1, -0.05) is 39.0 Å². The van der Waals surface area contributed by atoms with Crippen LogP contribution in [0, 0.1) is 17.6 Å². The molecule has 0 amide bonds. The van der Waals surface area contributed by atoms with E-state index < -0.39 is 29.0 Å². The number of nitrogens with zero attached hydrogens (tertiary/aromatic N) is 2. The number of allylic oxidation sites excluding steroid dienone is 2. The van der Waals surface area contributed by atoms with Crippen molar-refractivity contribution in [2.75, 3.05) is 6.61 Å². The van der Waals surface area contributed by atoms with E-state index in [1.165, 1.54) is 23.9 Å². The number of rotatable bonds is 6. The quantitative estimate of drug-likeness (QED) is 0.236. The van der Waals surface area contributed by atoms with Crippen LogP contribution in [0.3, 0.4) is 0 Å². The maximum Gasteiger partial charge on any atom is 0.144 e. The van der Waals surface area contributed by atoms with Gasteiger partial charge in [-0.05, 0) is 45.8 Å². The molecule has 3 nitrogen and oxygen atoms in total. The van der Waals surface area contributed by atoms with Crippen molar-refractivity contribution < 1.29 is 17.9 Å². The van der Waals surface area contributed by atoms with Gasteiger partial charge < -0.3 is 4.74 Å². The molecule has 0 aromatic heterocycles. The van der Waals surface area contributed by atoms with Crippen LogP contribution in [0.2, 0.25) is 0 Å². The fourth-order valence-corrected chi connectivity index (χ4v) is 3.00. The number of aliphatic imine (C=N–C) groups is 2. The molecule has 1 aromatic rings. The number of hydrogen-bond donors (Lipinski definition) is 0. The lowest BCUT2D eigenvalue weighted by atomic mass is 9.71. The smallest absolute Gasteiger partial charge is 0.144 e. The van der Waals surface area contributed by atoms with Crippen LogP contribution in [0.4, 0.5) is 13.2 Å². The lowest BCUT2D eigenvalue weighted by Crippen LogP contribution is -2.51. The first-order valence-electron chi connectivity index (χ1n) is 11.0. The maximum atomic E-state index is 14.1. The molecule has 1 aromatic carbocycles. The summed E-state index contributed by atoms with van der Waals surface area (Å²) < 4.78 is 46.9. The third kappa shape index (κ3) is 9.74. The van der Waals surface area contributed by atoms with Gasteiger partial charge in [-0.3, -0.25) is 9.98 Å². The van der Waals surface area contributed by atoms with Gasteiger partial charge in [0, 0.05) is 36.2 Å². The molecule has 1 heterocycles. The Morgan fingerprint density at radius 1 is 1.12 bits per heavy atom. The molecule has 1 unspecified atom stereocenters. The van der Waals surface area contributed by atoms with Crippen molar-refractivity contribution >= 4 is 12.4 Å². The molecule has 0 saturated carbocycles. The molecule has 0 radical (unpaired) electrons. The van der Waals surface area contributed by atoms with Crippen molar-refractivity contribution in [3.05, 3.63) is 84.5 Å². The Hall–Kier alpha value is -2.73. The summed E-state index contributed by atoms with van der Waals surface area (Å²) in [5, 5.41) is 0. The van der Waals surface area contributed by atoms with E-state index in [0.29, 0.717) is 6.42 Å². The average molecular weight is 465 g/mol. The van der Waals surface area contributed by atoms with Gasteiger partial charge in [-0.25, -0.2) is 13.2 Å². The summed E-state index contributed by atoms with van der Waals surface area (Å²) in [5.74, 6) is -2.34. The second kappa shape index (κ2) is 17.8. The summed E-state index contributed by atoms with van der Waals surface area (Å²) in [6.07, 6.45) is 6.55. The van der Waals surface area contributed by atoms with E-state index in [1.807, 2.05) is 47.7 Å². The Kier molecular flexibility index (Phi) is 17.5. The van der Waals surface area contributed by atoms with Crippen LogP contribution in [-0.2, 0) is 10.3 Å². The van der Waals surface area contributed by atoms with E-state index in [4.69, 9.17) is 4.74 Å². The molecular weight excluding hydrogens is 425 g/mol. The zero-order valence-corrected chi connectivity index (χ0v) is 21.1. The van der Waals surface area contributed by atoms with Gasteiger partial charge in [0.15, 0.2) is 0 Å². The van der Waals surface area contributed by atoms with Gasteiger partial charge in [0.1, 0.15) is 23.1 Å². The summed E-state index contributed by atoms with van der Waals surface area (Å²) >= 11 is 0. The molecule has 1 aliphatic rings. The number of hydrogen-bond acceptors (Lipinski definition) is 3. The van der Waals surface area contributed by atoms with Gasteiger partial charge in [0.05, 0.1) is 12.8 Å². The van der Waals surface area contributed by atoms with Gasteiger partial charge in [0.2, 0.25) is 0 Å². The van der Waals surface area contributed by atoms with Gasteiger partial charge >= 0.3 is 0 Å². The van der Waals surface area contributed by atoms with E-state index in [1.54, 1.807) is 13.1 Å². The minimum atomic E-state index is -1.02. The van der Waals surface area contributed by atoms with Crippen molar-refractivity contribution in [1.29, 1.82) is 0 Å². The molecule has 1 aliphatic heterocycles. The lowest BCUT2D eigenvalue weighted by Gasteiger charge is -2.50. The highest BCUT2D eigenvalue weighted by Crippen LogP contribution is 2.50. The SMILES string of the molecule is C=C.C=C(/C(F)=C\N=CC)C1CO[C@@]1(CC)c1ccc(F)cc1F.CC.CC=NC=C(C)C. The standard InChI is InChI=1S/C17H18F3NO.C6H11N.C2H6.C2H4/c1-4-17(13-7-6-12(18)8-15(13)19)14(10-22-17)11(3)16(20)9-21-5-2;1-4-7-5-6(2)3;2*1-2/h5-9,14H,3-4,10H2,1-2H3;4-5H,1-3H3;1-2H3;1-2H2/b16-9+,21-5?;;;/t14?,17-;;;/m0.../s1. The highest BCUT2D eigenvalue weighted by molar-refractivity contribution is 5.54. The highest BCUT2D eigenvalue weighted by atomic mass is 19.1. The molecule has 33 heavy (non-hydrogen) atoms. The predicted octanol–water partition coefficient (Wildman–Crippen LogP) is 8.50. The maximum absolute atomic E-state index is 14.1. The molecule has 0 bridgehead atoms.